The molecule has 2 unspecified atom stereocenters. The Kier molecular flexibility index (Phi) is 2.22. The lowest BCUT2D eigenvalue weighted by Crippen LogP contribution is -2.01. The first-order chi connectivity index (χ1) is 7.90. The Labute approximate surface area is 93.6 Å². The number of hydrogen-bond donors (Lipinski definition) is 1. The Bertz CT molecular complexity index is 480. The van der Waals surface area contributed by atoms with Gasteiger partial charge in [0.15, 0.2) is 5.82 Å². The summed E-state index contributed by atoms with van der Waals surface area (Å²) in [5.74, 6) is 1.20. The Hall–Kier alpha value is -1.68. The zero-order valence-electron chi connectivity index (χ0n) is 8.82. The van der Waals surface area contributed by atoms with Crippen LogP contribution in [0.3, 0.4) is 0 Å². The van der Waals surface area contributed by atoms with Gasteiger partial charge in [-0.3, -0.25) is 0 Å². The van der Waals surface area contributed by atoms with Crippen LogP contribution < -0.4 is 0 Å². The van der Waals surface area contributed by atoms with E-state index in [4.69, 9.17) is 5.11 Å². The van der Waals surface area contributed by atoms with E-state index in [0.29, 0.717) is 17.8 Å². The summed E-state index contributed by atoms with van der Waals surface area (Å²) in [7, 11) is 0. The van der Waals surface area contributed by atoms with Gasteiger partial charge < -0.3 is 9.67 Å². The second kappa shape index (κ2) is 3.72. The fourth-order valence-corrected chi connectivity index (χ4v) is 2.20. The highest BCUT2D eigenvalue weighted by atomic mass is 16.3. The molecule has 4 heteroatoms. The molecule has 1 aliphatic rings. The van der Waals surface area contributed by atoms with E-state index in [-0.39, 0.29) is 6.61 Å². The van der Waals surface area contributed by atoms with Crippen LogP contribution >= 0.6 is 0 Å². The number of benzene rings is 1. The molecule has 1 saturated carbocycles. The third-order valence-corrected chi connectivity index (χ3v) is 3.13. The quantitative estimate of drug-likeness (QED) is 0.844. The number of aliphatic hydroxyl groups excluding tert-OH is 1. The molecule has 1 heterocycles. The molecule has 82 valence electrons. The van der Waals surface area contributed by atoms with E-state index in [1.165, 1.54) is 5.56 Å². The lowest BCUT2D eigenvalue weighted by Gasteiger charge is -2.03. The van der Waals surface area contributed by atoms with Crippen LogP contribution in [0, 0.1) is 0 Å². The van der Waals surface area contributed by atoms with Gasteiger partial charge in [-0.1, -0.05) is 30.3 Å². The molecule has 2 aromatic rings. The summed E-state index contributed by atoms with van der Waals surface area (Å²) in [6.45, 7) is -0.0436. The summed E-state index contributed by atoms with van der Waals surface area (Å²) in [4.78, 5) is 0. The van der Waals surface area contributed by atoms with Crippen molar-refractivity contribution < 1.29 is 5.11 Å². The van der Waals surface area contributed by atoms with Crippen LogP contribution in [-0.2, 0) is 6.61 Å². The molecule has 0 saturated heterocycles. The molecule has 1 aliphatic carbocycles. The average molecular weight is 215 g/mol. The van der Waals surface area contributed by atoms with Gasteiger partial charge in [0.05, 0.1) is 0 Å². The predicted molar refractivity (Wildman–Crippen MR) is 58.8 cm³/mol. The number of aromatic nitrogens is 3. The van der Waals surface area contributed by atoms with Gasteiger partial charge >= 0.3 is 0 Å². The summed E-state index contributed by atoms with van der Waals surface area (Å²) in [5.41, 5.74) is 1.35. The van der Waals surface area contributed by atoms with Crippen molar-refractivity contribution in [1.29, 1.82) is 0 Å². The zero-order valence-corrected chi connectivity index (χ0v) is 8.82. The first-order valence-electron chi connectivity index (χ1n) is 5.44. The van der Waals surface area contributed by atoms with Crippen molar-refractivity contribution in [3.8, 4) is 0 Å². The van der Waals surface area contributed by atoms with Crippen LogP contribution in [0.15, 0.2) is 36.7 Å². The first kappa shape index (κ1) is 9.54. The summed E-state index contributed by atoms with van der Waals surface area (Å²) >= 11 is 0. The van der Waals surface area contributed by atoms with Gasteiger partial charge in [0.25, 0.3) is 0 Å². The van der Waals surface area contributed by atoms with Gasteiger partial charge in [-0.05, 0) is 12.0 Å². The van der Waals surface area contributed by atoms with Crippen LogP contribution in [0.2, 0.25) is 0 Å². The Morgan fingerprint density at radius 2 is 2.12 bits per heavy atom. The molecule has 16 heavy (non-hydrogen) atoms. The maximum absolute atomic E-state index is 9.12. The molecule has 0 radical (unpaired) electrons. The molecule has 1 aromatic heterocycles. The minimum Gasteiger partial charge on any atom is -0.388 e. The largest absolute Gasteiger partial charge is 0.388 e. The fourth-order valence-electron chi connectivity index (χ4n) is 2.20. The SMILES string of the molecule is OCc1nncn1C1CC1c1ccccc1. The summed E-state index contributed by atoms with van der Waals surface area (Å²) in [6.07, 6.45) is 2.81. The van der Waals surface area contributed by atoms with Crippen molar-refractivity contribution in [2.24, 2.45) is 0 Å². The van der Waals surface area contributed by atoms with E-state index in [1.54, 1.807) is 6.33 Å². The highest BCUT2D eigenvalue weighted by molar-refractivity contribution is 5.27. The lowest BCUT2D eigenvalue weighted by atomic mass is 10.1. The maximum Gasteiger partial charge on any atom is 0.158 e. The van der Waals surface area contributed by atoms with Gasteiger partial charge in [0.2, 0.25) is 0 Å². The van der Waals surface area contributed by atoms with E-state index < -0.39 is 0 Å². The Balaban J connectivity index is 1.82. The minimum atomic E-state index is -0.0436. The number of hydrogen-bond acceptors (Lipinski definition) is 3. The van der Waals surface area contributed by atoms with E-state index in [0.717, 1.165) is 6.42 Å². The normalized spacial score (nSPS) is 23.3. The Morgan fingerprint density at radius 1 is 1.31 bits per heavy atom. The number of rotatable bonds is 3. The van der Waals surface area contributed by atoms with E-state index in [9.17, 15) is 0 Å². The third kappa shape index (κ3) is 1.51. The van der Waals surface area contributed by atoms with Crippen molar-refractivity contribution in [3.05, 3.63) is 48.0 Å². The van der Waals surface area contributed by atoms with Crippen molar-refractivity contribution in [2.75, 3.05) is 0 Å². The molecular weight excluding hydrogens is 202 g/mol. The maximum atomic E-state index is 9.12. The third-order valence-electron chi connectivity index (χ3n) is 3.13. The molecule has 4 nitrogen and oxygen atoms in total. The lowest BCUT2D eigenvalue weighted by molar-refractivity contribution is 0.264. The molecule has 0 bridgehead atoms. The van der Waals surface area contributed by atoms with Gasteiger partial charge in [-0.25, -0.2) is 0 Å². The summed E-state index contributed by atoms with van der Waals surface area (Å²) < 4.78 is 1.98. The smallest absolute Gasteiger partial charge is 0.158 e. The molecule has 1 N–H and O–H groups in total. The Morgan fingerprint density at radius 3 is 2.88 bits per heavy atom. The van der Waals surface area contributed by atoms with Crippen molar-refractivity contribution in [2.45, 2.75) is 25.0 Å². The molecule has 0 amide bonds. The van der Waals surface area contributed by atoms with Crippen LogP contribution in [0.1, 0.15) is 29.8 Å². The second-order valence-electron chi connectivity index (χ2n) is 4.13. The number of aliphatic hydroxyl groups is 1. The van der Waals surface area contributed by atoms with Crippen LogP contribution in [-0.4, -0.2) is 19.9 Å². The zero-order chi connectivity index (χ0) is 11.0. The molecule has 1 fully saturated rings. The van der Waals surface area contributed by atoms with Crippen molar-refractivity contribution in [1.82, 2.24) is 14.8 Å². The summed E-state index contributed by atoms with van der Waals surface area (Å²) in [5, 5.41) is 16.8. The van der Waals surface area contributed by atoms with Gasteiger partial charge in [-0.2, -0.15) is 0 Å². The predicted octanol–water partition coefficient (Wildman–Crippen LogP) is 1.50. The van der Waals surface area contributed by atoms with E-state index >= 15 is 0 Å². The standard InChI is InChI=1S/C12H13N3O/c16-7-12-14-13-8-15(12)11-6-10(11)9-4-2-1-3-5-9/h1-5,8,10-11,16H,6-7H2. The van der Waals surface area contributed by atoms with Crippen LogP contribution in [0.4, 0.5) is 0 Å². The number of nitrogens with zero attached hydrogens (tertiary/aromatic N) is 3. The topological polar surface area (TPSA) is 50.9 Å². The van der Waals surface area contributed by atoms with Crippen molar-refractivity contribution >= 4 is 0 Å². The van der Waals surface area contributed by atoms with Crippen LogP contribution in [0.5, 0.6) is 0 Å². The molecular formula is C12H13N3O. The first-order valence-corrected chi connectivity index (χ1v) is 5.44. The van der Waals surface area contributed by atoms with Gasteiger partial charge in [-0.15, -0.1) is 10.2 Å². The van der Waals surface area contributed by atoms with E-state index in [2.05, 4.69) is 34.5 Å². The molecule has 0 aliphatic heterocycles. The summed E-state index contributed by atoms with van der Waals surface area (Å²) in [6, 6.07) is 10.9. The molecule has 0 spiro atoms. The van der Waals surface area contributed by atoms with Crippen molar-refractivity contribution in [3.63, 3.8) is 0 Å². The second-order valence-corrected chi connectivity index (χ2v) is 4.13. The van der Waals surface area contributed by atoms with Gasteiger partial charge in [0.1, 0.15) is 12.9 Å². The fraction of sp³-hybridized carbons (Fsp3) is 0.333. The highest BCUT2D eigenvalue weighted by Crippen LogP contribution is 2.51. The molecule has 1 aromatic carbocycles. The monoisotopic (exact) mass is 215 g/mol. The highest BCUT2D eigenvalue weighted by Gasteiger charge is 2.40. The minimum absolute atomic E-state index is 0.0436. The molecule has 2 atom stereocenters. The molecule has 3 rings (SSSR count). The van der Waals surface area contributed by atoms with E-state index in [1.807, 2.05) is 10.6 Å². The van der Waals surface area contributed by atoms with Crippen LogP contribution in [0.25, 0.3) is 0 Å². The van der Waals surface area contributed by atoms with Gasteiger partial charge in [0, 0.05) is 12.0 Å². The average Bonchev–Trinajstić information content (AvgIpc) is 3.00.